The van der Waals surface area contributed by atoms with E-state index in [1.54, 1.807) is 35.1 Å². The largest absolute Gasteiger partial charge is 0.307 e. The molecular formula is C19H19ClN4O3S. The SMILES string of the molecule is CN(C)S(=O)(=O)c1cccc(C(=O)Nc2ccnn2Cc2ccc(Cl)cc2)c1. The number of sulfonamides is 1. The standard InChI is InChI=1S/C19H19ClN4O3S/c1-23(2)28(26,27)17-5-3-4-15(12-17)19(25)22-18-10-11-21-24(18)13-14-6-8-16(20)9-7-14/h3-12H,13H2,1-2H3,(H,22,25). The summed E-state index contributed by atoms with van der Waals surface area (Å²) in [5.74, 6) is 0.0782. The van der Waals surface area contributed by atoms with Gasteiger partial charge in [-0.25, -0.2) is 17.4 Å². The molecule has 28 heavy (non-hydrogen) atoms. The average Bonchev–Trinajstić information content (AvgIpc) is 3.10. The fourth-order valence-corrected chi connectivity index (χ4v) is 3.60. The number of carbonyl (C=O) groups is 1. The molecule has 0 spiro atoms. The number of hydrogen-bond donors (Lipinski definition) is 1. The number of rotatable bonds is 6. The van der Waals surface area contributed by atoms with Gasteiger partial charge in [0.05, 0.1) is 17.6 Å². The number of aromatic nitrogens is 2. The Morgan fingerprint density at radius 2 is 1.86 bits per heavy atom. The second kappa shape index (κ2) is 8.14. The predicted molar refractivity (Wildman–Crippen MR) is 108 cm³/mol. The summed E-state index contributed by atoms with van der Waals surface area (Å²) >= 11 is 5.90. The van der Waals surface area contributed by atoms with Crippen LogP contribution in [-0.4, -0.2) is 42.5 Å². The number of nitrogens with zero attached hydrogens (tertiary/aromatic N) is 3. The zero-order valence-electron chi connectivity index (χ0n) is 15.3. The van der Waals surface area contributed by atoms with Crippen molar-refractivity contribution in [3.8, 4) is 0 Å². The second-order valence-corrected chi connectivity index (χ2v) is 8.86. The highest BCUT2D eigenvalue weighted by Crippen LogP contribution is 2.17. The molecule has 1 N–H and O–H groups in total. The van der Waals surface area contributed by atoms with Gasteiger partial charge in [0, 0.05) is 30.7 Å². The van der Waals surface area contributed by atoms with E-state index in [1.165, 1.54) is 32.3 Å². The van der Waals surface area contributed by atoms with Gasteiger partial charge in [0.25, 0.3) is 5.91 Å². The van der Waals surface area contributed by atoms with Crippen LogP contribution in [0.15, 0.2) is 65.7 Å². The average molecular weight is 419 g/mol. The molecule has 0 aliphatic heterocycles. The highest BCUT2D eigenvalue weighted by atomic mass is 35.5. The predicted octanol–water partition coefficient (Wildman–Crippen LogP) is 3.09. The Morgan fingerprint density at radius 1 is 1.14 bits per heavy atom. The van der Waals surface area contributed by atoms with Crippen molar-refractivity contribution in [1.29, 1.82) is 0 Å². The lowest BCUT2D eigenvalue weighted by Crippen LogP contribution is -2.23. The minimum absolute atomic E-state index is 0.0554. The van der Waals surface area contributed by atoms with Gasteiger partial charge in [-0.15, -0.1) is 0 Å². The van der Waals surface area contributed by atoms with Gasteiger partial charge < -0.3 is 5.32 Å². The number of hydrogen-bond acceptors (Lipinski definition) is 4. The Balaban J connectivity index is 1.79. The summed E-state index contributed by atoms with van der Waals surface area (Å²) in [7, 11) is -0.739. The number of nitrogens with one attached hydrogen (secondary N) is 1. The first-order valence-electron chi connectivity index (χ1n) is 8.37. The molecule has 0 aliphatic rings. The van der Waals surface area contributed by atoms with Gasteiger partial charge in [0.1, 0.15) is 5.82 Å². The molecule has 0 bridgehead atoms. The van der Waals surface area contributed by atoms with Crippen LogP contribution in [0.1, 0.15) is 15.9 Å². The molecule has 1 amide bonds. The first-order chi connectivity index (χ1) is 13.3. The molecule has 0 radical (unpaired) electrons. The summed E-state index contributed by atoms with van der Waals surface area (Å²) < 4.78 is 27.3. The fourth-order valence-electron chi connectivity index (χ4n) is 2.52. The van der Waals surface area contributed by atoms with E-state index in [4.69, 9.17) is 11.6 Å². The molecular weight excluding hydrogens is 400 g/mol. The minimum atomic E-state index is -3.62. The van der Waals surface area contributed by atoms with Crippen LogP contribution in [-0.2, 0) is 16.6 Å². The summed E-state index contributed by atoms with van der Waals surface area (Å²) in [6.07, 6.45) is 1.58. The van der Waals surface area contributed by atoms with E-state index in [9.17, 15) is 13.2 Å². The minimum Gasteiger partial charge on any atom is -0.307 e. The van der Waals surface area contributed by atoms with Gasteiger partial charge in [-0.2, -0.15) is 5.10 Å². The first kappa shape index (κ1) is 20.1. The smallest absolute Gasteiger partial charge is 0.256 e. The normalized spacial score (nSPS) is 11.6. The highest BCUT2D eigenvalue weighted by molar-refractivity contribution is 7.89. The third-order valence-corrected chi connectivity index (χ3v) is 6.14. The van der Waals surface area contributed by atoms with E-state index in [2.05, 4.69) is 10.4 Å². The molecule has 0 saturated carbocycles. The molecule has 146 valence electrons. The zero-order valence-corrected chi connectivity index (χ0v) is 16.9. The Morgan fingerprint density at radius 3 is 2.54 bits per heavy atom. The van der Waals surface area contributed by atoms with E-state index < -0.39 is 15.9 Å². The molecule has 2 aromatic carbocycles. The number of carbonyl (C=O) groups excluding carboxylic acids is 1. The van der Waals surface area contributed by atoms with Crippen molar-refractivity contribution >= 4 is 33.3 Å². The maximum atomic E-state index is 12.6. The lowest BCUT2D eigenvalue weighted by molar-refractivity contribution is 0.102. The Bertz CT molecular complexity index is 1090. The van der Waals surface area contributed by atoms with E-state index in [0.717, 1.165) is 9.87 Å². The van der Waals surface area contributed by atoms with Crippen LogP contribution in [0.2, 0.25) is 5.02 Å². The van der Waals surface area contributed by atoms with Crippen molar-refractivity contribution in [3.63, 3.8) is 0 Å². The number of benzene rings is 2. The van der Waals surface area contributed by atoms with Gasteiger partial charge >= 0.3 is 0 Å². The second-order valence-electron chi connectivity index (χ2n) is 6.27. The van der Waals surface area contributed by atoms with Gasteiger partial charge in [-0.05, 0) is 35.9 Å². The number of amides is 1. The summed E-state index contributed by atoms with van der Waals surface area (Å²) in [5, 5.41) is 7.64. The molecule has 0 unspecified atom stereocenters. The summed E-state index contributed by atoms with van der Waals surface area (Å²) in [6.45, 7) is 0.453. The monoisotopic (exact) mass is 418 g/mol. The molecule has 1 heterocycles. The number of halogens is 1. The van der Waals surface area contributed by atoms with Crippen LogP contribution in [0.3, 0.4) is 0 Å². The lowest BCUT2D eigenvalue weighted by Gasteiger charge is -2.13. The van der Waals surface area contributed by atoms with E-state index in [0.29, 0.717) is 17.4 Å². The lowest BCUT2D eigenvalue weighted by atomic mass is 10.2. The van der Waals surface area contributed by atoms with Crippen molar-refractivity contribution in [2.45, 2.75) is 11.4 Å². The molecule has 3 rings (SSSR count). The zero-order chi connectivity index (χ0) is 20.3. The molecule has 3 aromatic rings. The maximum Gasteiger partial charge on any atom is 0.256 e. The van der Waals surface area contributed by atoms with E-state index in [-0.39, 0.29) is 10.5 Å². The Labute approximate surface area is 168 Å². The van der Waals surface area contributed by atoms with Crippen molar-refractivity contribution in [1.82, 2.24) is 14.1 Å². The van der Waals surface area contributed by atoms with Gasteiger partial charge in [0.2, 0.25) is 10.0 Å². The first-order valence-corrected chi connectivity index (χ1v) is 10.2. The molecule has 0 fully saturated rings. The topological polar surface area (TPSA) is 84.3 Å². The van der Waals surface area contributed by atoms with Crippen LogP contribution in [0.25, 0.3) is 0 Å². The molecule has 9 heteroatoms. The maximum absolute atomic E-state index is 12.6. The van der Waals surface area contributed by atoms with Gasteiger partial charge in [-0.3, -0.25) is 4.79 Å². The van der Waals surface area contributed by atoms with Crippen molar-refractivity contribution in [3.05, 3.63) is 76.9 Å². The Kier molecular flexibility index (Phi) is 5.83. The van der Waals surface area contributed by atoms with Crippen LogP contribution in [0.4, 0.5) is 5.82 Å². The molecule has 7 nitrogen and oxygen atoms in total. The van der Waals surface area contributed by atoms with Crippen LogP contribution in [0.5, 0.6) is 0 Å². The van der Waals surface area contributed by atoms with Crippen LogP contribution >= 0.6 is 11.6 Å². The molecule has 0 atom stereocenters. The Hall–Kier alpha value is -2.68. The molecule has 0 saturated heterocycles. The molecule has 0 aliphatic carbocycles. The third kappa shape index (κ3) is 4.41. The van der Waals surface area contributed by atoms with Crippen molar-refractivity contribution in [2.24, 2.45) is 0 Å². The number of anilines is 1. The summed E-state index contributed by atoms with van der Waals surface area (Å²) in [4.78, 5) is 12.7. The van der Waals surface area contributed by atoms with Gasteiger partial charge in [-0.1, -0.05) is 29.8 Å². The van der Waals surface area contributed by atoms with Crippen LogP contribution < -0.4 is 5.32 Å². The van der Waals surface area contributed by atoms with Gasteiger partial charge in [0.15, 0.2) is 0 Å². The third-order valence-electron chi connectivity index (χ3n) is 4.08. The fraction of sp³-hybridized carbons (Fsp3) is 0.158. The van der Waals surface area contributed by atoms with E-state index in [1.807, 2.05) is 12.1 Å². The molecule has 1 aromatic heterocycles. The quantitative estimate of drug-likeness (QED) is 0.666. The van der Waals surface area contributed by atoms with Crippen molar-refractivity contribution < 1.29 is 13.2 Å². The van der Waals surface area contributed by atoms with E-state index >= 15 is 0 Å². The summed E-state index contributed by atoms with van der Waals surface area (Å²) in [6, 6.07) is 14.9. The summed E-state index contributed by atoms with van der Waals surface area (Å²) in [5.41, 5.74) is 1.21. The van der Waals surface area contributed by atoms with Crippen LogP contribution in [0, 0.1) is 0 Å². The van der Waals surface area contributed by atoms with Crippen molar-refractivity contribution in [2.75, 3.05) is 19.4 Å². The highest BCUT2D eigenvalue weighted by Gasteiger charge is 2.19.